The fourth-order valence-electron chi connectivity index (χ4n) is 3.10. The Morgan fingerprint density at radius 2 is 1.90 bits per heavy atom. The molecule has 0 spiro atoms. The number of thiazole rings is 1. The van der Waals surface area contributed by atoms with E-state index < -0.39 is 11.9 Å². The second-order valence-electron chi connectivity index (χ2n) is 6.85. The molecule has 0 fully saturated rings. The van der Waals surface area contributed by atoms with Crippen molar-refractivity contribution in [1.82, 2.24) is 4.57 Å². The molecule has 0 aliphatic carbocycles. The molecule has 1 heterocycles. The van der Waals surface area contributed by atoms with E-state index in [9.17, 15) is 9.59 Å². The zero-order valence-corrected chi connectivity index (χ0v) is 18.7. The van der Waals surface area contributed by atoms with Gasteiger partial charge in [0.25, 0.3) is 5.91 Å². The largest absolute Gasteiger partial charge is 0.495 e. The van der Waals surface area contributed by atoms with Crippen molar-refractivity contribution in [3.63, 3.8) is 0 Å². The maximum absolute atomic E-state index is 12.9. The number of carbonyl (C=O) groups is 2. The summed E-state index contributed by atoms with van der Waals surface area (Å²) in [6.45, 7) is 2.66. The molecule has 0 saturated carbocycles. The van der Waals surface area contributed by atoms with Crippen LogP contribution >= 0.6 is 11.3 Å². The topological polar surface area (TPSA) is 79.1 Å². The number of ether oxygens (including phenoxy) is 3. The number of carbonyl (C=O) groups excluding carboxylic acids is 2. The summed E-state index contributed by atoms with van der Waals surface area (Å²) >= 11 is 1.31. The zero-order valence-electron chi connectivity index (χ0n) is 17.9. The number of rotatable bonds is 9. The van der Waals surface area contributed by atoms with Gasteiger partial charge in [0.05, 0.1) is 25.5 Å². The van der Waals surface area contributed by atoms with E-state index in [4.69, 9.17) is 14.2 Å². The predicted molar refractivity (Wildman–Crippen MR) is 120 cm³/mol. The molecular weight excluding hydrogens is 416 g/mol. The first-order chi connectivity index (χ1) is 15.1. The molecular formula is C23H26N2O5S. The van der Waals surface area contributed by atoms with Gasteiger partial charge in [-0.2, -0.15) is 4.99 Å². The van der Waals surface area contributed by atoms with Crippen LogP contribution in [0.4, 0.5) is 0 Å². The van der Waals surface area contributed by atoms with Crippen molar-refractivity contribution in [2.45, 2.75) is 32.7 Å². The van der Waals surface area contributed by atoms with E-state index in [2.05, 4.69) is 11.9 Å². The first-order valence-electron chi connectivity index (χ1n) is 10.1. The third-order valence-corrected chi connectivity index (χ3v) is 5.74. The van der Waals surface area contributed by atoms with Crippen LogP contribution in [0.2, 0.25) is 0 Å². The summed E-state index contributed by atoms with van der Waals surface area (Å²) in [5.41, 5.74) is 1.11. The van der Waals surface area contributed by atoms with Crippen LogP contribution < -0.4 is 14.3 Å². The first-order valence-corrected chi connectivity index (χ1v) is 10.9. The Morgan fingerprint density at radius 3 is 2.65 bits per heavy atom. The molecule has 1 amide bonds. The van der Waals surface area contributed by atoms with Gasteiger partial charge in [-0.25, -0.2) is 0 Å². The van der Waals surface area contributed by atoms with Gasteiger partial charge >= 0.3 is 5.97 Å². The normalized spacial score (nSPS) is 11.5. The number of para-hydroxylation sites is 1. The number of methoxy groups -OCH3 is 2. The fourth-order valence-corrected chi connectivity index (χ4v) is 4.15. The highest BCUT2D eigenvalue weighted by Gasteiger charge is 2.16. The lowest BCUT2D eigenvalue weighted by Crippen LogP contribution is -2.22. The highest BCUT2D eigenvalue weighted by atomic mass is 32.1. The summed E-state index contributed by atoms with van der Waals surface area (Å²) < 4.78 is 18.5. The molecule has 3 rings (SSSR count). The second-order valence-corrected chi connectivity index (χ2v) is 7.86. The van der Waals surface area contributed by atoms with Gasteiger partial charge < -0.3 is 18.8 Å². The van der Waals surface area contributed by atoms with Gasteiger partial charge in [0.15, 0.2) is 4.80 Å². The van der Waals surface area contributed by atoms with E-state index in [1.54, 1.807) is 35.9 Å². The Morgan fingerprint density at radius 1 is 1.10 bits per heavy atom. The van der Waals surface area contributed by atoms with Crippen LogP contribution in [-0.2, 0) is 16.1 Å². The lowest BCUT2D eigenvalue weighted by molar-refractivity contribution is -0.141. The third kappa shape index (κ3) is 5.52. The molecule has 0 aliphatic heterocycles. The molecule has 7 nitrogen and oxygen atoms in total. The van der Waals surface area contributed by atoms with Gasteiger partial charge in [-0.15, -0.1) is 0 Å². The summed E-state index contributed by atoms with van der Waals surface area (Å²) in [6.07, 6.45) is 3.19. The van der Waals surface area contributed by atoms with Crippen LogP contribution in [0.1, 0.15) is 36.5 Å². The summed E-state index contributed by atoms with van der Waals surface area (Å²) in [5.74, 6) is 0.372. The SMILES string of the molecule is CCCCCOc1cccc(C(=O)N=c2sc3cccc(OC)c3n2CC(=O)OC)c1. The molecule has 0 bridgehead atoms. The number of amides is 1. The average molecular weight is 443 g/mol. The highest BCUT2D eigenvalue weighted by Crippen LogP contribution is 2.27. The van der Waals surface area contributed by atoms with Crippen LogP contribution in [-0.4, -0.2) is 37.3 Å². The summed E-state index contributed by atoms with van der Waals surface area (Å²) in [7, 11) is 2.88. The zero-order chi connectivity index (χ0) is 22.2. The predicted octanol–water partition coefficient (Wildman–Crippen LogP) is 4.19. The number of fused-ring (bicyclic) bond motifs is 1. The Bertz CT molecular complexity index is 1130. The van der Waals surface area contributed by atoms with E-state index in [0.29, 0.717) is 34.0 Å². The van der Waals surface area contributed by atoms with Gasteiger partial charge in [0.2, 0.25) is 0 Å². The lowest BCUT2D eigenvalue weighted by Gasteiger charge is -2.07. The van der Waals surface area contributed by atoms with Gasteiger partial charge in [-0.1, -0.05) is 43.2 Å². The number of esters is 1. The maximum atomic E-state index is 12.9. The minimum atomic E-state index is -0.443. The smallest absolute Gasteiger partial charge is 0.325 e. The Kier molecular flexibility index (Phi) is 7.83. The molecule has 0 aliphatic rings. The summed E-state index contributed by atoms with van der Waals surface area (Å²) in [5, 5.41) is 0. The maximum Gasteiger partial charge on any atom is 0.325 e. The molecule has 0 saturated heterocycles. The van der Waals surface area contributed by atoms with Gasteiger partial charge in [0, 0.05) is 5.56 Å². The number of hydrogen-bond donors (Lipinski definition) is 0. The summed E-state index contributed by atoms with van der Waals surface area (Å²) in [6, 6.07) is 12.5. The van der Waals surface area contributed by atoms with Crippen LogP contribution in [0, 0.1) is 0 Å². The highest BCUT2D eigenvalue weighted by molar-refractivity contribution is 7.16. The van der Waals surface area contributed by atoms with Crippen LogP contribution in [0.3, 0.4) is 0 Å². The monoisotopic (exact) mass is 442 g/mol. The van der Waals surface area contributed by atoms with Gasteiger partial charge in [0.1, 0.15) is 23.6 Å². The quantitative estimate of drug-likeness (QED) is 0.367. The van der Waals surface area contributed by atoms with Crippen molar-refractivity contribution in [3.8, 4) is 11.5 Å². The van der Waals surface area contributed by atoms with Crippen molar-refractivity contribution in [2.24, 2.45) is 4.99 Å². The van der Waals surface area contributed by atoms with E-state index >= 15 is 0 Å². The number of aromatic nitrogens is 1. The standard InChI is InChI=1S/C23H26N2O5S/c1-4-5-6-13-30-17-10-7-9-16(14-17)22(27)24-23-25(15-20(26)29-3)21-18(28-2)11-8-12-19(21)31-23/h7-12,14H,4-6,13,15H2,1-3H3. The minimum Gasteiger partial charge on any atom is -0.495 e. The number of nitrogens with zero attached hydrogens (tertiary/aromatic N) is 2. The lowest BCUT2D eigenvalue weighted by atomic mass is 10.2. The molecule has 1 aromatic heterocycles. The Labute approximate surface area is 184 Å². The molecule has 3 aromatic rings. The van der Waals surface area contributed by atoms with Gasteiger partial charge in [-0.3, -0.25) is 9.59 Å². The van der Waals surface area contributed by atoms with Crippen molar-refractivity contribution in [1.29, 1.82) is 0 Å². The minimum absolute atomic E-state index is 0.0798. The first kappa shape index (κ1) is 22.6. The van der Waals surface area contributed by atoms with Crippen LogP contribution in [0.25, 0.3) is 10.2 Å². The molecule has 8 heteroatoms. The number of hydrogen-bond acceptors (Lipinski definition) is 6. The van der Waals surface area contributed by atoms with Crippen molar-refractivity contribution < 1.29 is 23.8 Å². The Balaban J connectivity index is 1.97. The molecule has 2 aromatic carbocycles. The summed E-state index contributed by atoms with van der Waals surface area (Å²) in [4.78, 5) is 29.6. The third-order valence-electron chi connectivity index (χ3n) is 4.69. The van der Waals surface area contributed by atoms with E-state index in [1.807, 2.05) is 18.2 Å². The van der Waals surface area contributed by atoms with Crippen molar-refractivity contribution >= 4 is 33.4 Å². The van der Waals surface area contributed by atoms with Crippen LogP contribution in [0.5, 0.6) is 11.5 Å². The molecule has 31 heavy (non-hydrogen) atoms. The molecule has 0 atom stereocenters. The fraction of sp³-hybridized carbons (Fsp3) is 0.348. The van der Waals surface area contributed by atoms with Gasteiger partial charge in [-0.05, 0) is 36.8 Å². The van der Waals surface area contributed by atoms with Crippen molar-refractivity contribution in [2.75, 3.05) is 20.8 Å². The Hall–Kier alpha value is -3.13. The van der Waals surface area contributed by atoms with E-state index in [1.165, 1.54) is 18.4 Å². The molecule has 164 valence electrons. The second kappa shape index (κ2) is 10.8. The van der Waals surface area contributed by atoms with Crippen molar-refractivity contribution in [3.05, 3.63) is 52.8 Å². The van der Waals surface area contributed by atoms with E-state index in [-0.39, 0.29) is 6.54 Å². The number of unbranched alkanes of at least 4 members (excludes halogenated alkanes) is 2. The molecule has 0 unspecified atom stereocenters. The molecule has 0 radical (unpaired) electrons. The van der Waals surface area contributed by atoms with Crippen LogP contribution in [0.15, 0.2) is 47.5 Å². The number of benzene rings is 2. The average Bonchev–Trinajstić information content (AvgIpc) is 3.13. The van der Waals surface area contributed by atoms with E-state index in [0.717, 1.165) is 24.0 Å². The molecule has 0 N–H and O–H groups in total.